The van der Waals surface area contributed by atoms with Gasteiger partial charge in [0.05, 0.1) is 23.9 Å². The first kappa shape index (κ1) is 25.1. The van der Waals surface area contributed by atoms with Crippen LogP contribution in [0, 0.1) is 13.8 Å². The average molecular weight is 588 g/mol. The van der Waals surface area contributed by atoms with Crippen molar-refractivity contribution in [3.05, 3.63) is 106 Å². The van der Waals surface area contributed by atoms with Crippen molar-refractivity contribution in [1.82, 2.24) is 14.9 Å². The second-order valence-electron chi connectivity index (χ2n) is 10.2. The van der Waals surface area contributed by atoms with Crippen LogP contribution in [0.25, 0.3) is 5.69 Å². The third-order valence-corrected chi connectivity index (χ3v) is 8.48. The van der Waals surface area contributed by atoms with Crippen molar-refractivity contribution in [2.24, 2.45) is 0 Å². The first-order valence-electron chi connectivity index (χ1n) is 13.2. The van der Waals surface area contributed by atoms with Gasteiger partial charge in [-0.2, -0.15) is 0 Å². The third kappa shape index (κ3) is 4.74. The van der Waals surface area contributed by atoms with Gasteiger partial charge in [0.25, 0.3) is 0 Å². The number of hydrogen-bond acceptors (Lipinski definition) is 3. The van der Waals surface area contributed by atoms with Crippen molar-refractivity contribution in [1.29, 1.82) is 0 Å². The van der Waals surface area contributed by atoms with Crippen LogP contribution in [0.3, 0.4) is 0 Å². The summed E-state index contributed by atoms with van der Waals surface area (Å²) in [5, 5.41) is 4.29. The van der Waals surface area contributed by atoms with Gasteiger partial charge in [0.2, 0.25) is 0 Å². The molecule has 1 saturated heterocycles. The first-order chi connectivity index (χ1) is 18.5. The van der Waals surface area contributed by atoms with Gasteiger partial charge in [-0.05, 0) is 118 Å². The molecule has 0 amide bonds. The van der Waals surface area contributed by atoms with Crippen LogP contribution in [0.15, 0.2) is 83.5 Å². The molecule has 0 spiro atoms. The normalized spacial score (nSPS) is 19.7. The second-order valence-corrected chi connectivity index (χ2v) is 11.5. The van der Waals surface area contributed by atoms with E-state index in [1.54, 1.807) is 0 Å². The summed E-state index contributed by atoms with van der Waals surface area (Å²) in [6.45, 7) is 4.35. The molecule has 5 nitrogen and oxygen atoms in total. The number of rotatable bonds is 6. The molecule has 6 rings (SSSR count). The van der Waals surface area contributed by atoms with Crippen molar-refractivity contribution in [3.8, 4) is 11.4 Å². The zero-order valence-corrected chi connectivity index (χ0v) is 24.0. The molecule has 1 saturated carbocycles. The molecule has 3 heterocycles. The van der Waals surface area contributed by atoms with Gasteiger partial charge in [0.15, 0.2) is 5.11 Å². The standard InChI is InChI=1S/C31H31BrN4OS/c1-20-18-27(21(2)35(20)24-9-7-8-22(32)19-24)30-29(28-12-5-6-17-33-28)34-31(38)36(30)23-13-15-26(16-14-23)37-25-10-3-4-11-25/h5-9,12-19,25,29-30H,3-4,10-11H2,1-2H3,(H,34,38)/t29-,30-/m1/s1. The van der Waals surface area contributed by atoms with Gasteiger partial charge >= 0.3 is 0 Å². The molecular weight excluding hydrogens is 556 g/mol. The predicted octanol–water partition coefficient (Wildman–Crippen LogP) is 7.75. The fourth-order valence-corrected chi connectivity index (χ4v) is 6.67. The summed E-state index contributed by atoms with van der Waals surface area (Å²) < 4.78 is 9.60. The maximum absolute atomic E-state index is 6.23. The third-order valence-electron chi connectivity index (χ3n) is 7.67. The largest absolute Gasteiger partial charge is 0.490 e. The number of aryl methyl sites for hydroxylation is 1. The van der Waals surface area contributed by atoms with Crippen LogP contribution in [0.2, 0.25) is 0 Å². The smallest absolute Gasteiger partial charge is 0.174 e. The van der Waals surface area contributed by atoms with Crippen molar-refractivity contribution in [3.63, 3.8) is 0 Å². The molecule has 4 aromatic rings. The average Bonchev–Trinajstić information content (AvgIpc) is 3.63. The van der Waals surface area contributed by atoms with Crippen molar-refractivity contribution in [2.75, 3.05) is 4.90 Å². The summed E-state index contributed by atoms with van der Waals surface area (Å²) in [6.07, 6.45) is 6.98. The zero-order chi connectivity index (χ0) is 26.2. The summed E-state index contributed by atoms with van der Waals surface area (Å²) in [5.41, 5.74) is 6.71. The van der Waals surface area contributed by atoms with E-state index < -0.39 is 0 Å². The Kier molecular flexibility index (Phi) is 6.97. The second kappa shape index (κ2) is 10.5. The molecule has 7 heteroatoms. The number of benzene rings is 2. The number of nitrogens with one attached hydrogen (secondary N) is 1. The Morgan fingerprint density at radius 2 is 1.74 bits per heavy atom. The van der Waals surface area contributed by atoms with Gasteiger partial charge in [-0.1, -0.05) is 28.1 Å². The molecule has 0 bridgehead atoms. The van der Waals surface area contributed by atoms with E-state index in [-0.39, 0.29) is 12.1 Å². The maximum Gasteiger partial charge on any atom is 0.174 e. The van der Waals surface area contributed by atoms with Gasteiger partial charge < -0.3 is 19.5 Å². The minimum absolute atomic E-state index is 0.0638. The quantitative estimate of drug-likeness (QED) is 0.234. The molecule has 2 aliphatic rings. The number of halogens is 1. The minimum atomic E-state index is -0.0884. The monoisotopic (exact) mass is 586 g/mol. The number of nitrogens with zero attached hydrogens (tertiary/aromatic N) is 3. The summed E-state index contributed by atoms with van der Waals surface area (Å²) in [6, 6.07) is 25.0. The highest BCUT2D eigenvalue weighted by Gasteiger charge is 2.42. The molecular formula is C31H31BrN4OS. The number of thiocarbonyl (C=S) groups is 1. The van der Waals surface area contributed by atoms with Crippen LogP contribution in [0.4, 0.5) is 5.69 Å². The number of aromatic nitrogens is 2. The van der Waals surface area contributed by atoms with E-state index in [2.05, 4.69) is 105 Å². The fraction of sp³-hybridized carbons (Fsp3) is 0.290. The van der Waals surface area contributed by atoms with Crippen LogP contribution in [0.5, 0.6) is 5.75 Å². The lowest BCUT2D eigenvalue weighted by Gasteiger charge is -2.28. The number of ether oxygens (including phenoxy) is 1. The van der Waals surface area contributed by atoms with E-state index in [9.17, 15) is 0 Å². The Labute approximate surface area is 238 Å². The van der Waals surface area contributed by atoms with E-state index in [0.29, 0.717) is 11.2 Å². The van der Waals surface area contributed by atoms with E-state index in [1.807, 2.05) is 18.3 Å². The molecule has 2 atom stereocenters. The van der Waals surface area contributed by atoms with E-state index in [0.717, 1.165) is 40.1 Å². The Hall–Kier alpha value is -3.16. The molecule has 1 N–H and O–H groups in total. The highest BCUT2D eigenvalue weighted by atomic mass is 79.9. The van der Waals surface area contributed by atoms with E-state index >= 15 is 0 Å². The van der Waals surface area contributed by atoms with Gasteiger partial charge in [0, 0.05) is 33.4 Å². The Balaban J connectivity index is 1.41. The number of hydrogen-bond donors (Lipinski definition) is 1. The lowest BCUT2D eigenvalue weighted by molar-refractivity contribution is 0.210. The van der Waals surface area contributed by atoms with Gasteiger partial charge in [0.1, 0.15) is 5.75 Å². The van der Waals surface area contributed by atoms with E-state index in [1.165, 1.54) is 29.8 Å². The molecule has 1 aliphatic heterocycles. The van der Waals surface area contributed by atoms with Crippen LogP contribution < -0.4 is 15.0 Å². The highest BCUT2D eigenvalue weighted by molar-refractivity contribution is 9.10. The van der Waals surface area contributed by atoms with Crippen LogP contribution >= 0.6 is 28.1 Å². The molecule has 0 unspecified atom stereocenters. The molecule has 2 aromatic carbocycles. The zero-order valence-electron chi connectivity index (χ0n) is 21.6. The Bertz CT molecular complexity index is 1450. The molecule has 2 aromatic heterocycles. The summed E-state index contributed by atoms with van der Waals surface area (Å²) in [7, 11) is 0. The SMILES string of the molecule is Cc1cc([C@@H]2[C@@H](c3ccccn3)NC(=S)N2c2ccc(OC3CCCC3)cc2)c(C)n1-c1cccc(Br)c1. The van der Waals surface area contributed by atoms with Crippen LogP contribution in [0.1, 0.15) is 60.4 Å². The highest BCUT2D eigenvalue weighted by Crippen LogP contribution is 2.44. The first-order valence-corrected chi connectivity index (χ1v) is 14.4. The molecule has 2 fully saturated rings. The van der Waals surface area contributed by atoms with Crippen LogP contribution in [-0.2, 0) is 0 Å². The van der Waals surface area contributed by atoms with Crippen molar-refractivity contribution in [2.45, 2.75) is 57.7 Å². The maximum atomic E-state index is 6.23. The number of anilines is 1. The Morgan fingerprint density at radius 3 is 2.45 bits per heavy atom. The molecule has 38 heavy (non-hydrogen) atoms. The van der Waals surface area contributed by atoms with Gasteiger partial charge in [-0.25, -0.2) is 0 Å². The number of pyridine rings is 1. The fourth-order valence-electron chi connectivity index (χ4n) is 5.93. The lowest BCUT2D eigenvalue weighted by atomic mass is 9.96. The summed E-state index contributed by atoms with van der Waals surface area (Å²) in [4.78, 5) is 6.95. The van der Waals surface area contributed by atoms with E-state index in [4.69, 9.17) is 21.9 Å². The summed E-state index contributed by atoms with van der Waals surface area (Å²) >= 11 is 9.60. The minimum Gasteiger partial charge on any atom is -0.490 e. The molecule has 194 valence electrons. The summed E-state index contributed by atoms with van der Waals surface area (Å²) in [5.74, 6) is 0.921. The van der Waals surface area contributed by atoms with Crippen molar-refractivity contribution < 1.29 is 4.74 Å². The molecule has 0 radical (unpaired) electrons. The van der Waals surface area contributed by atoms with Crippen molar-refractivity contribution >= 4 is 38.9 Å². The van der Waals surface area contributed by atoms with Crippen LogP contribution in [-0.4, -0.2) is 20.8 Å². The van der Waals surface area contributed by atoms with Gasteiger partial charge in [-0.15, -0.1) is 0 Å². The topological polar surface area (TPSA) is 42.3 Å². The molecule has 1 aliphatic carbocycles. The lowest BCUT2D eigenvalue weighted by Crippen LogP contribution is -2.29. The van der Waals surface area contributed by atoms with Gasteiger partial charge in [-0.3, -0.25) is 4.98 Å². The Morgan fingerprint density at radius 1 is 0.947 bits per heavy atom. The predicted molar refractivity (Wildman–Crippen MR) is 160 cm³/mol.